The zero-order chi connectivity index (χ0) is 15.5. The Hall–Kier alpha value is -0.340. The molecular weight excluding hydrogens is 322 g/mol. The summed E-state index contributed by atoms with van der Waals surface area (Å²) in [6, 6.07) is 8.66. The van der Waals surface area contributed by atoms with Crippen LogP contribution in [0.5, 0.6) is 0 Å². The van der Waals surface area contributed by atoms with Gasteiger partial charge in [-0.05, 0) is 49.4 Å². The highest BCUT2D eigenvalue weighted by Crippen LogP contribution is 2.22. The number of unbranched alkanes of at least 4 members (excludes halogenated alkanes) is 3. The monoisotopic (exact) mass is 353 g/mol. The zero-order valence-corrected chi connectivity index (χ0v) is 15.6. The van der Waals surface area contributed by atoms with Gasteiger partial charge in [0.05, 0.1) is 0 Å². The van der Waals surface area contributed by atoms with Gasteiger partial charge in [0.1, 0.15) is 0 Å². The maximum Gasteiger partial charge on any atom is 0.0207 e. The van der Waals surface area contributed by atoms with Crippen molar-refractivity contribution in [3.8, 4) is 0 Å². The Bertz CT molecular complexity index is 376. The first-order valence-electron chi connectivity index (χ1n) is 8.57. The second kappa shape index (κ2) is 11.3. The summed E-state index contributed by atoms with van der Waals surface area (Å²) in [5, 5.41) is 3.65. The van der Waals surface area contributed by atoms with Gasteiger partial charge in [0, 0.05) is 4.47 Å². The number of halogens is 1. The molecule has 1 atom stereocenters. The van der Waals surface area contributed by atoms with Gasteiger partial charge in [-0.3, -0.25) is 0 Å². The third-order valence-electron chi connectivity index (χ3n) is 3.92. The fraction of sp³-hybridized carbons (Fsp3) is 0.684. The number of benzene rings is 1. The first-order valence-corrected chi connectivity index (χ1v) is 9.36. The topological polar surface area (TPSA) is 12.0 Å². The Morgan fingerprint density at radius 1 is 1.05 bits per heavy atom. The Morgan fingerprint density at radius 2 is 1.81 bits per heavy atom. The van der Waals surface area contributed by atoms with Crippen molar-refractivity contribution in [3.05, 3.63) is 34.3 Å². The van der Waals surface area contributed by atoms with Crippen LogP contribution in [0, 0.1) is 11.8 Å². The highest BCUT2D eigenvalue weighted by Gasteiger charge is 2.11. The Morgan fingerprint density at radius 3 is 2.48 bits per heavy atom. The minimum atomic E-state index is 0.731. The van der Waals surface area contributed by atoms with Gasteiger partial charge in [0.2, 0.25) is 0 Å². The molecule has 0 fully saturated rings. The molecule has 0 aliphatic heterocycles. The average molecular weight is 354 g/mol. The minimum Gasteiger partial charge on any atom is -0.316 e. The molecule has 0 aliphatic carbocycles. The lowest BCUT2D eigenvalue weighted by Crippen LogP contribution is -2.27. The van der Waals surface area contributed by atoms with Crippen LogP contribution in [0.4, 0.5) is 0 Å². The Labute approximate surface area is 140 Å². The molecule has 0 radical (unpaired) electrons. The first kappa shape index (κ1) is 18.7. The van der Waals surface area contributed by atoms with Crippen LogP contribution in [0.1, 0.15) is 58.4 Å². The SMILES string of the molecule is CCCCCCC(CNCC(C)C)Cc1ccccc1Br. The molecule has 1 unspecified atom stereocenters. The molecule has 0 aromatic heterocycles. The van der Waals surface area contributed by atoms with E-state index < -0.39 is 0 Å². The molecule has 0 aliphatic rings. The molecule has 1 rings (SSSR count). The lowest BCUT2D eigenvalue weighted by molar-refractivity contribution is 0.407. The molecule has 0 saturated carbocycles. The largest absolute Gasteiger partial charge is 0.316 e. The van der Waals surface area contributed by atoms with Crippen LogP contribution >= 0.6 is 15.9 Å². The van der Waals surface area contributed by atoms with Crippen LogP contribution in [0.2, 0.25) is 0 Å². The van der Waals surface area contributed by atoms with Crippen molar-refractivity contribution in [3.63, 3.8) is 0 Å². The van der Waals surface area contributed by atoms with E-state index in [2.05, 4.69) is 66.3 Å². The summed E-state index contributed by atoms with van der Waals surface area (Å²) in [5.41, 5.74) is 1.45. The van der Waals surface area contributed by atoms with E-state index in [0.717, 1.165) is 24.9 Å². The van der Waals surface area contributed by atoms with Gasteiger partial charge >= 0.3 is 0 Å². The van der Waals surface area contributed by atoms with Crippen LogP contribution in [0.25, 0.3) is 0 Å². The van der Waals surface area contributed by atoms with E-state index in [1.165, 1.54) is 48.6 Å². The highest BCUT2D eigenvalue weighted by atomic mass is 79.9. The Kier molecular flexibility index (Phi) is 10.0. The molecule has 0 saturated heterocycles. The first-order chi connectivity index (χ1) is 10.1. The molecule has 2 heteroatoms. The number of hydrogen-bond acceptors (Lipinski definition) is 1. The second-order valence-electron chi connectivity index (χ2n) is 6.56. The van der Waals surface area contributed by atoms with Gasteiger partial charge in [-0.1, -0.05) is 80.6 Å². The molecule has 1 N–H and O–H groups in total. The average Bonchev–Trinajstić information content (AvgIpc) is 2.45. The van der Waals surface area contributed by atoms with Crippen LogP contribution in [-0.2, 0) is 6.42 Å². The standard InChI is InChI=1S/C19H32BrN/c1-4-5-6-7-10-17(15-21-14-16(2)3)13-18-11-8-9-12-19(18)20/h8-9,11-12,16-17,21H,4-7,10,13-15H2,1-3H3. The van der Waals surface area contributed by atoms with Crippen molar-refractivity contribution in [2.45, 2.75) is 59.3 Å². The smallest absolute Gasteiger partial charge is 0.0207 e. The van der Waals surface area contributed by atoms with Crippen LogP contribution in [0.15, 0.2) is 28.7 Å². The normalized spacial score (nSPS) is 12.8. The van der Waals surface area contributed by atoms with E-state index in [9.17, 15) is 0 Å². The van der Waals surface area contributed by atoms with Crippen LogP contribution in [-0.4, -0.2) is 13.1 Å². The van der Waals surface area contributed by atoms with Gasteiger partial charge in [0.15, 0.2) is 0 Å². The molecule has 0 amide bonds. The quantitative estimate of drug-likeness (QED) is 0.494. The lowest BCUT2D eigenvalue weighted by Gasteiger charge is -2.19. The van der Waals surface area contributed by atoms with E-state index in [0.29, 0.717) is 0 Å². The number of hydrogen-bond donors (Lipinski definition) is 1. The van der Waals surface area contributed by atoms with E-state index >= 15 is 0 Å². The van der Waals surface area contributed by atoms with E-state index in [1.54, 1.807) is 0 Å². The van der Waals surface area contributed by atoms with Gasteiger partial charge in [-0.15, -0.1) is 0 Å². The third-order valence-corrected chi connectivity index (χ3v) is 4.69. The fourth-order valence-electron chi connectivity index (χ4n) is 2.69. The lowest BCUT2D eigenvalue weighted by atomic mass is 9.93. The zero-order valence-electron chi connectivity index (χ0n) is 14.0. The number of rotatable bonds is 11. The molecule has 1 aromatic rings. The fourth-order valence-corrected chi connectivity index (χ4v) is 3.13. The molecule has 0 heterocycles. The van der Waals surface area contributed by atoms with Gasteiger partial charge in [0.25, 0.3) is 0 Å². The molecular formula is C19H32BrN. The summed E-state index contributed by atoms with van der Waals surface area (Å²) in [4.78, 5) is 0. The third kappa shape index (κ3) is 8.63. The number of nitrogens with one attached hydrogen (secondary N) is 1. The summed E-state index contributed by atoms with van der Waals surface area (Å²) in [5.74, 6) is 1.48. The summed E-state index contributed by atoms with van der Waals surface area (Å²) in [6.45, 7) is 9.10. The molecule has 1 aromatic carbocycles. The van der Waals surface area contributed by atoms with Crippen molar-refractivity contribution in [1.29, 1.82) is 0 Å². The maximum absolute atomic E-state index is 3.69. The van der Waals surface area contributed by atoms with E-state index in [4.69, 9.17) is 0 Å². The minimum absolute atomic E-state index is 0.731. The van der Waals surface area contributed by atoms with E-state index in [-0.39, 0.29) is 0 Å². The Balaban J connectivity index is 2.47. The molecule has 1 nitrogen and oxygen atoms in total. The van der Waals surface area contributed by atoms with Crippen molar-refractivity contribution in [2.24, 2.45) is 11.8 Å². The van der Waals surface area contributed by atoms with E-state index in [1.807, 2.05) is 0 Å². The highest BCUT2D eigenvalue weighted by molar-refractivity contribution is 9.10. The molecule has 0 spiro atoms. The predicted molar refractivity (Wildman–Crippen MR) is 97.8 cm³/mol. The van der Waals surface area contributed by atoms with Crippen molar-refractivity contribution >= 4 is 15.9 Å². The van der Waals surface area contributed by atoms with Gasteiger partial charge in [-0.2, -0.15) is 0 Å². The van der Waals surface area contributed by atoms with Gasteiger partial charge < -0.3 is 5.32 Å². The second-order valence-corrected chi connectivity index (χ2v) is 7.42. The molecule has 120 valence electrons. The summed E-state index contributed by atoms with van der Waals surface area (Å²) < 4.78 is 1.26. The van der Waals surface area contributed by atoms with Crippen molar-refractivity contribution in [1.82, 2.24) is 5.32 Å². The molecule has 21 heavy (non-hydrogen) atoms. The summed E-state index contributed by atoms with van der Waals surface area (Å²) in [6.07, 6.45) is 7.96. The van der Waals surface area contributed by atoms with Crippen LogP contribution in [0.3, 0.4) is 0 Å². The predicted octanol–water partition coefficient (Wildman–Crippen LogP) is 5.82. The molecule has 0 bridgehead atoms. The van der Waals surface area contributed by atoms with Gasteiger partial charge in [-0.25, -0.2) is 0 Å². The summed E-state index contributed by atoms with van der Waals surface area (Å²) in [7, 11) is 0. The summed E-state index contributed by atoms with van der Waals surface area (Å²) >= 11 is 3.69. The van der Waals surface area contributed by atoms with Crippen molar-refractivity contribution < 1.29 is 0 Å². The van der Waals surface area contributed by atoms with Crippen molar-refractivity contribution in [2.75, 3.05) is 13.1 Å². The maximum atomic E-state index is 3.69. The van der Waals surface area contributed by atoms with Crippen LogP contribution < -0.4 is 5.32 Å².